The van der Waals surface area contributed by atoms with Gasteiger partial charge in [0.25, 0.3) is 0 Å². The molecule has 5 aromatic carbocycles. The molecule has 6 aliphatic carbocycles. The van der Waals surface area contributed by atoms with Crippen LogP contribution in [0.3, 0.4) is 0 Å². The van der Waals surface area contributed by atoms with Gasteiger partial charge in [-0.1, -0.05) is 117 Å². The van der Waals surface area contributed by atoms with Gasteiger partial charge in [-0.05, 0) is 112 Å². The SMILES string of the molecule is CC1(C)c2ccccc2-c2cc(-c3nc(-c4ccccc4)nc(-c4ccc5c(c4)-c4ccccc4C54C5CC6CC(C5)CC4C6)n3)ccc21. The molecule has 0 saturated heterocycles. The van der Waals surface area contributed by atoms with E-state index in [1.807, 2.05) is 6.07 Å². The first-order valence-electron chi connectivity index (χ1n) is 18.3. The van der Waals surface area contributed by atoms with Crippen molar-refractivity contribution in [3.8, 4) is 56.4 Å². The molecule has 4 fully saturated rings. The van der Waals surface area contributed by atoms with E-state index < -0.39 is 0 Å². The lowest BCUT2D eigenvalue weighted by Crippen LogP contribution is -2.55. The highest BCUT2D eigenvalue weighted by Gasteiger charge is 2.61. The van der Waals surface area contributed by atoms with Crippen molar-refractivity contribution >= 4 is 0 Å². The van der Waals surface area contributed by atoms with Crippen LogP contribution in [0.2, 0.25) is 0 Å². The van der Waals surface area contributed by atoms with Gasteiger partial charge in [-0.2, -0.15) is 0 Å². The lowest BCUT2D eigenvalue weighted by Gasteiger charge is -2.61. The summed E-state index contributed by atoms with van der Waals surface area (Å²) >= 11 is 0. The molecule has 0 radical (unpaired) electrons. The van der Waals surface area contributed by atoms with Crippen LogP contribution in [0.15, 0.2) is 115 Å². The molecular formula is C46H39N3. The van der Waals surface area contributed by atoms with Crippen LogP contribution in [0.1, 0.15) is 68.2 Å². The zero-order valence-corrected chi connectivity index (χ0v) is 28.2. The number of benzene rings is 5. The molecule has 3 heteroatoms. The Morgan fingerprint density at radius 3 is 1.51 bits per heavy atom. The monoisotopic (exact) mass is 633 g/mol. The van der Waals surface area contributed by atoms with Crippen LogP contribution in [0.25, 0.3) is 56.4 Å². The fourth-order valence-corrected chi connectivity index (χ4v) is 11.5. The Bertz CT molecular complexity index is 2310. The van der Waals surface area contributed by atoms with Gasteiger partial charge in [0.1, 0.15) is 0 Å². The van der Waals surface area contributed by atoms with E-state index in [-0.39, 0.29) is 10.8 Å². The van der Waals surface area contributed by atoms with Crippen LogP contribution >= 0.6 is 0 Å². The summed E-state index contributed by atoms with van der Waals surface area (Å²) in [5.74, 6) is 5.52. The quantitative estimate of drug-likeness (QED) is 0.195. The van der Waals surface area contributed by atoms with Gasteiger partial charge in [-0.3, -0.25) is 0 Å². The molecule has 1 spiro atoms. The zero-order chi connectivity index (χ0) is 32.5. The number of hydrogen-bond acceptors (Lipinski definition) is 3. The van der Waals surface area contributed by atoms with Crippen molar-refractivity contribution < 1.29 is 0 Å². The first-order valence-corrected chi connectivity index (χ1v) is 18.3. The smallest absolute Gasteiger partial charge is 0.164 e. The number of aromatic nitrogens is 3. The van der Waals surface area contributed by atoms with Gasteiger partial charge in [-0.15, -0.1) is 0 Å². The Labute approximate surface area is 288 Å². The molecule has 0 amide bonds. The van der Waals surface area contributed by atoms with E-state index in [0.29, 0.717) is 11.6 Å². The maximum Gasteiger partial charge on any atom is 0.164 e. The number of hydrogen-bond donors (Lipinski definition) is 0. The lowest BCUT2D eigenvalue weighted by atomic mass is 9.43. The van der Waals surface area contributed by atoms with E-state index in [2.05, 4.69) is 123 Å². The number of fused-ring (bicyclic) bond motifs is 6. The van der Waals surface area contributed by atoms with Gasteiger partial charge in [0, 0.05) is 27.5 Å². The third-order valence-electron chi connectivity index (χ3n) is 13.3. The minimum absolute atomic E-state index is 0.0424. The lowest BCUT2D eigenvalue weighted by molar-refractivity contribution is -0.0399. The molecule has 4 saturated carbocycles. The van der Waals surface area contributed by atoms with Gasteiger partial charge in [0.05, 0.1) is 0 Å². The molecular weight excluding hydrogens is 595 g/mol. The highest BCUT2D eigenvalue weighted by atomic mass is 15.0. The van der Waals surface area contributed by atoms with Crippen LogP contribution in [-0.2, 0) is 10.8 Å². The maximum absolute atomic E-state index is 5.25. The van der Waals surface area contributed by atoms with E-state index in [4.69, 9.17) is 15.0 Å². The predicted octanol–water partition coefficient (Wildman–Crippen LogP) is 10.9. The van der Waals surface area contributed by atoms with Crippen molar-refractivity contribution in [2.75, 3.05) is 0 Å². The van der Waals surface area contributed by atoms with Crippen molar-refractivity contribution in [2.24, 2.45) is 23.7 Å². The standard InChI is InChI=1S/C46H39N3/c1-45(2)38-14-8-6-12-34(38)36-25-30(16-18-39(36)45)43-47-42(29-10-4-3-5-11-29)48-44(49-43)31-17-19-41-37(26-31)35-13-7-9-15-40(35)46(41)32-21-27-20-28(23-32)24-33(46)22-27/h3-19,25-28,32-33H,20-24H2,1-2H3. The Balaban J connectivity index is 1.08. The largest absolute Gasteiger partial charge is 0.208 e. The molecule has 238 valence electrons. The van der Waals surface area contributed by atoms with Crippen LogP contribution in [0.4, 0.5) is 0 Å². The number of rotatable bonds is 3. The Kier molecular flexibility index (Phi) is 5.63. The Morgan fingerprint density at radius 1 is 0.429 bits per heavy atom. The Hall–Kier alpha value is -4.89. The summed E-state index contributed by atoms with van der Waals surface area (Å²) in [6.45, 7) is 4.65. The highest BCUT2D eigenvalue weighted by molar-refractivity contribution is 5.86. The molecule has 1 heterocycles. The van der Waals surface area contributed by atoms with Crippen molar-refractivity contribution in [1.29, 1.82) is 0 Å². The minimum Gasteiger partial charge on any atom is -0.208 e. The van der Waals surface area contributed by atoms with Crippen LogP contribution in [0.5, 0.6) is 0 Å². The molecule has 0 atom stereocenters. The third-order valence-corrected chi connectivity index (χ3v) is 13.3. The molecule has 6 aliphatic rings. The summed E-state index contributed by atoms with van der Waals surface area (Å²) in [5.41, 5.74) is 14.4. The van der Waals surface area contributed by atoms with Gasteiger partial charge in [0.2, 0.25) is 0 Å². The molecule has 0 N–H and O–H groups in total. The summed E-state index contributed by atoms with van der Waals surface area (Å²) in [4.78, 5) is 15.5. The summed E-state index contributed by atoms with van der Waals surface area (Å²) in [6.07, 6.45) is 7.03. The van der Waals surface area contributed by atoms with E-state index >= 15 is 0 Å². The fraction of sp³-hybridized carbons (Fsp3) is 0.283. The average Bonchev–Trinajstić information content (AvgIpc) is 3.56. The molecule has 12 rings (SSSR count). The second-order valence-corrected chi connectivity index (χ2v) is 16.1. The van der Waals surface area contributed by atoms with Gasteiger partial charge >= 0.3 is 0 Å². The maximum atomic E-state index is 5.25. The predicted molar refractivity (Wildman–Crippen MR) is 197 cm³/mol. The average molecular weight is 634 g/mol. The van der Waals surface area contributed by atoms with E-state index in [9.17, 15) is 0 Å². The van der Waals surface area contributed by atoms with E-state index in [0.717, 1.165) is 46.2 Å². The summed E-state index contributed by atoms with van der Waals surface area (Å²) in [5, 5.41) is 0. The molecule has 0 unspecified atom stereocenters. The van der Waals surface area contributed by atoms with Crippen LogP contribution in [-0.4, -0.2) is 15.0 Å². The van der Waals surface area contributed by atoms with Crippen LogP contribution < -0.4 is 0 Å². The second kappa shape index (κ2) is 9.85. The molecule has 4 bridgehead atoms. The molecule has 1 aromatic heterocycles. The first kappa shape index (κ1) is 28.0. The fourth-order valence-electron chi connectivity index (χ4n) is 11.5. The molecule has 49 heavy (non-hydrogen) atoms. The normalized spacial score (nSPS) is 26.0. The molecule has 3 nitrogen and oxygen atoms in total. The summed E-state index contributed by atoms with van der Waals surface area (Å²) in [7, 11) is 0. The molecule has 6 aromatic rings. The summed E-state index contributed by atoms with van der Waals surface area (Å²) in [6, 6.07) is 42.5. The Morgan fingerprint density at radius 2 is 0.878 bits per heavy atom. The van der Waals surface area contributed by atoms with Gasteiger partial charge in [0.15, 0.2) is 17.5 Å². The second-order valence-electron chi connectivity index (χ2n) is 16.1. The van der Waals surface area contributed by atoms with Crippen LogP contribution in [0, 0.1) is 23.7 Å². The highest BCUT2D eigenvalue weighted by Crippen LogP contribution is 2.69. The van der Waals surface area contributed by atoms with Crippen molar-refractivity contribution in [2.45, 2.75) is 56.8 Å². The van der Waals surface area contributed by atoms with Gasteiger partial charge < -0.3 is 0 Å². The van der Waals surface area contributed by atoms with Crippen molar-refractivity contribution in [3.05, 3.63) is 138 Å². The van der Waals surface area contributed by atoms with E-state index in [1.54, 1.807) is 11.1 Å². The minimum atomic E-state index is -0.0424. The van der Waals surface area contributed by atoms with E-state index in [1.165, 1.54) is 65.5 Å². The summed E-state index contributed by atoms with van der Waals surface area (Å²) < 4.78 is 0. The first-order chi connectivity index (χ1) is 24.0. The number of nitrogens with zero attached hydrogens (tertiary/aromatic N) is 3. The van der Waals surface area contributed by atoms with Gasteiger partial charge in [-0.25, -0.2) is 15.0 Å². The third kappa shape index (κ3) is 3.76. The van der Waals surface area contributed by atoms with Crippen molar-refractivity contribution in [1.82, 2.24) is 15.0 Å². The van der Waals surface area contributed by atoms with Crippen molar-refractivity contribution in [3.63, 3.8) is 0 Å². The topological polar surface area (TPSA) is 38.7 Å². The zero-order valence-electron chi connectivity index (χ0n) is 28.2. The molecule has 0 aliphatic heterocycles.